The summed E-state index contributed by atoms with van der Waals surface area (Å²) >= 11 is 0. The van der Waals surface area contributed by atoms with Crippen LogP contribution in [0.5, 0.6) is 0 Å². The van der Waals surface area contributed by atoms with Crippen molar-refractivity contribution < 1.29 is 16.8 Å². The lowest BCUT2D eigenvalue weighted by molar-refractivity contribution is 0.290. The molecule has 8 heteroatoms. The molecule has 140 valence electrons. The second-order valence-corrected chi connectivity index (χ2v) is 10.2. The van der Waals surface area contributed by atoms with Crippen molar-refractivity contribution >= 4 is 20.0 Å². The SMILES string of the molecule is NC1CCCCC1N(S(=O)(=O)c1ccccc1)S(=O)(=O)c1ccccc1. The molecule has 0 aromatic heterocycles. The third kappa shape index (κ3) is 3.55. The van der Waals surface area contributed by atoms with Gasteiger partial charge in [-0.3, -0.25) is 0 Å². The van der Waals surface area contributed by atoms with Gasteiger partial charge in [0.1, 0.15) is 0 Å². The highest BCUT2D eigenvalue weighted by molar-refractivity contribution is 8.04. The Kier molecular flexibility index (Phi) is 5.47. The Bertz CT molecular complexity index is 876. The molecule has 2 N–H and O–H groups in total. The van der Waals surface area contributed by atoms with Crippen LogP contribution in [0.25, 0.3) is 0 Å². The zero-order valence-electron chi connectivity index (χ0n) is 14.2. The van der Waals surface area contributed by atoms with E-state index in [0.29, 0.717) is 16.6 Å². The van der Waals surface area contributed by atoms with Crippen LogP contribution in [-0.4, -0.2) is 32.6 Å². The number of nitrogens with two attached hydrogens (primary N) is 1. The molecule has 6 nitrogen and oxygen atoms in total. The van der Waals surface area contributed by atoms with Crippen LogP contribution in [0.3, 0.4) is 0 Å². The first-order chi connectivity index (χ1) is 12.3. The average molecular weight is 395 g/mol. The Labute approximate surface area is 154 Å². The maximum atomic E-state index is 13.3. The Morgan fingerprint density at radius 3 is 1.58 bits per heavy atom. The van der Waals surface area contributed by atoms with Crippen molar-refractivity contribution in [3.05, 3.63) is 60.7 Å². The molecule has 1 aliphatic carbocycles. The molecular formula is C18H22N2O4S2. The van der Waals surface area contributed by atoms with Gasteiger partial charge < -0.3 is 5.73 Å². The molecule has 0 spiro atoms. The molecule has 2 aromatic rings. The van der Waals surface area contributed by atoms with E-state index in [9.17, 15) is 16.8 Å². The number of nitrogens with zero attached hydrogens (tertiary/aromatic N) is 1. The lowest BCUT2D eigenvalue weighted by atomic mass is 9.92. The molecule has 1 fully saturated rings. The van der Waals surface area contributed by atoms with Crippen molar-refractivity contribution in [1.82, 2.24) is 3.71 Å². The topological polar surface area (TPSA) is 97.5 Å². The summed E-state index contributed by atoms with van der Waals surface area (Å²) < 4.78 is 53.8. The first-order valence-corrected chi connectivity index (χ1v) is 11.4. The van der Waals surface area contributed by atoms with Gasteiger partial charge in [0.05, 0.1) is 15.8 Å². The van der Waals surface area contributed by atoms with Gasteiger partial charge in [0.25, 0.3) is 20.0 Å². The summed E-state index contributed by atoms with van der Waals surface area (Å²) in [6.45, 7) is 0. The third-order valence-electron chi connectivity index (χ3n) is 4.61. The molecule has 2 atom stereocenters. The lowest BCUT2D eigenvalue weighted by Gasteiger charge is -2.36. The largest absolute Gasteiger partial charge is 0.326 e. The molecule has 2 unspecified atom stereocenters. The first kappa shape index (κ1) is 19.0. The van der Waals surface area contributed by atoms with E-state index >= 15 is 0 Å². The van der Waals surface area contributed by atoms with Crippen LogP contribution in [0.1, 0.15) is 25.7 Å². The van der Waals surface area contributed by atoms with Crippen molar-refractivity contribution in [2.45, 2.75) is 47.6 Å². The fourth-order valence-electron chi connectivity index (χ4n) is 3.28. The Hall–Kier alpha value is -1.74. The van der Waals surface area contributed by atoms with Gasteiger partial charge >= 0.3 is 0 Å². The molecule has 0 amide bonds. The smallest absolute Gasteiger partial charge is 0.256 e. The van der Waals surface area contributed by atoms with Crippen molar-refractivity contribution in [3.8, 4) is 0 Å². The van der Waals surface area contributed by atoms with Crippen molar-refractivity contribution in [3.63, 3.8) is 0 Å². The zero-order chi connectivity index (χ0) is 18.8. The number of sulfonamides is 2. The number of hydrogen-bond donors (Lipinski definition) is 1. The van der Waals surface area contributed by atoms with Gasteiger partial charge in [0, 0.05) is 6.04 Å². The van der Waals surface area contributed by atoms with E-state index in [2.05, 4.69) is 0 Å². The molecule has 0 aliphatic heterocycles. The second-order valence-electron chi connectivity index (χ2n) is 6.38. The van der Waals surface area contributed by atoms with Gasteiger partial charge in [-0.25, -0.2) is 16.8 Å². The fraction of sp³-hybridized carbons (Fsp3) is 0.333. The second kappa shape index (κ2) is 7.48. The van der Waals surface area contributed by atoms with E-state index < -0.39 is 32.1 Å². The highest BCUT2D eigenvalue weighted by Gasteiger charge is 2.44. The van der Waals surface area contributed by atoms with Crippen LogP contribution in [0, 0.1) is 0 Å². The summed E-state index contributed by atoms with van der Waals surface area (Å²) in [6.07, 6.45) is 2.61. The van der Waals surface area contributed by atoms with E-state index in [1.54, 1.807) is 36.4 Å². The molecule has 2 aromatic carbocycles. The number of benzene rings is 2. The summed E-state index contributed by atoms with van der Waals surface area (Å²) in [4.78, 5) is -0.116. The van der Waals surface area contributed by atoms with Crippen LogP contribution >= 0.6 is 0 Å². The highest BCUT2D eigenvalue weighted by atomic mass is 32.3. The molecule has 0 saturated heterocycles. The van der Waals surface area contributed by atoms with Crippen LogP contribution in [0.4, 0.5) is 0 Å². The minimum Gasteiger partial charge on any atom is -0.326 e. The first-order valence-electron chi connectivity index (χ1n) is 8.50. The van der Waals surface area contributed by atoms with Crippen molar-refractivity contribution in [1.29, 1.82) is 0 Å². The monoisotopic (exact) mass is 394 g/mol. The molecule has 0 heterocycles. The van der Waals surface area contributed by atoms with E-state index in [1.807, 2.05) is 0 Å². The molecule has 3 rings (SSSR count). The van der Waals surface area contributed by atoms with Crippen LogP contribution in [-0.2, 0) is 20.0 Å². The van der Waals surface area contributed by atoms with Crippen molar-refractivity contribution in [2.24, 2.45) is 5.73 Å². The predicted octanol–water partition coefficient (Wildman–Crippen LogP) is 2.34. The highest BCUT2D eigenvalue weighted by Crippen LogP contribution is 2.32. The maximum absolute atomic E-state index is 13.3. The van der Waals surface area contributed by atoms with Crippen molar-refractivity contribution in [2.75, 3.05) is 0 Å². The standard InChI is InChI=1S/C18H22N2O4S2/c19-17-13-7-8-14-18(17)20(25(21,22)15-9-3-1-4-10-15)26(23,24)16-11-5-2-6-12-16/h1-6,9-12,17-18H,7-8,13-14,19H2. The van der Waals surface area contributed by atoms with E-state index in [1.165, 1.54) is 24.3 Å². The van der Waals surface area contributed by atoms with Gasteiger partial charge in [-0.15, -0.1) is 0 Å². The quantitative estimate of drug-likeness (QED) is 0.839. The molecule has 1 aliphatic rings. The number of rotatable bonds is 5. The lowest BCUT2D eigenvalue weighted by Crippen LogP contribution is -2.54. The van der Waals surface area contributed by atoms with Crippen LogP contribution < -0.4 is 5.73 Å². The van der Waals surface area contributed by atoms with Crippen LogP contribution in [0.2, 0.25) is 0 Å². The minimum atomic E-state index is -4.27. The van der Waals surface area contributed by atoms with Gasteiger partial charge in [0.2, 0.25) is 0 Å². The van der Waals surface area contributed by atoms with Crippen LogP contribution in [0.15, 0.2) is 70.5 Å². The summed E-state index contributed by atoms with van der Waals surface area (Å²) in [6, 6.07) is 13.9. The molecule has 1 saturated carbocycles. The predicted molar refractivity (Wildman–Crippen MR) is 99.3 cm³/mol. The van der Waals surface area contributed by atoms with E-state index in [-0.39, 0.29) is 9.79 Å². The maximum Gasteiger partial charge on any atom is 0.256 e. The summed E-state index contributed by atoms with van der Waals surface area (Å²) in [5, 5.41) is 0. The Balaban J connectivity index is 2.17. The summed E-state index contributed by atoms with van der Waals surface area (Å²) in [5.41, 5.74) is 6.16. The third-order valence-corrected chi connectivity index (χ3v) is 9.01. The van der Waals surface area contributed by atoms with Gasteiger partial charge in [-0.2, -0.15) is 0 Å². The van der Waals surface area contributed by atoms with Gasteiger partial charge in [0.15, 0.2) is 0 Å². The normalized spacial score (nSPS) is 21.6. The average Bonchev–Trinajstić information content (AvgIpc) is 2.65. The molecule has 26 heavy (non-hydrogen) atoms. The minimum absolute atomic E-state index is 0.0581. The Morgan fingerprint density at radius 2 is 1.15 bits per heavy atom. The molecule has 0 bridgehead atoms. The fourth-order valence-corrected chi connectivity index (χ4v) is 7.48. The summed E-state index contributed by atoms with van der Waals surface area (Å²) in [5.74, 6) is 0. The Morgan fingerprint density at radius 1 is 0.731 bits per heavy atom. The number of hydrogen-bond acceptors (Lipinski definition) is 5. The molecular weight excluding hydrogens is 372 g/mol. The van der Waals surface area contributed by atoms with E-state index in [0.717, 1.165) is 12.8 Å². The van der Waals surface area contributed by atoms with E-state index in [4.69, 9.17) is 5.73 Å². The molecule has 0 radical (unpaired) electrons. The zero-order valence-corrected chi connectivity index (χ0v) is 15.9. The summed E-state index contributed by atoms with van der Waals surface area (Å²) in [7, 11) is -8.55. The van der Waals surface area contributed by atoms with Gasteiger partial charge in [-0.1, -0.05) is 53.0 Å². The van der Waals surface area contributed by atoms with Gasteiger partial charge in [-0.05, 0) is 37.1 Å².